The molecule has 0 atom stereocenters. The van der Waals surface area contributed by atoms with E-state index in [1.54, 1.807) is 0 Å². The number of hydrogen-bond donors (Lipinski definition) is 1. The average Bonchev–Trinajstić information content (AvgIpc) is 1.93. The van der Waals surface area contributed by atoms with E-state index in [1.165, 1.54) is 5.56 Å². The van der Waals surface area contributed by atoms with E-state index >= 15 is 0 Å². The summed E-state index contributed by atoms with van der Waals surface area (Å²) in [7, 11) is 0. The lowest BCUT2D eigenvalue weighted by Gasteiger charge is -2.00. The summed E-state index contributed by atoms with van der Waals surface area (Å²) < 4.78 is 0. The van der Waals surface area contributed by atoms with E-state index in [0.29, 0.717) is 0 Å². The summed E-state index contributed by atoms with van der Waals surface area (Å²) >= 11 is 0. The molecule has 1 rings (SSSR count). The van der Waals surface area contributed by atoms with Gasteiger partial charge in [-0.25, -0.2) is 0 Å². The fraction of sp³-hybridized carbons (Fsp3) is 0.111. The van der Waals surface area contributed by atoms with Crippen LogP contribution in [0.1, 0.15) is 5.56 Å². The molecule has 1 aromatic carbocycles. The molecule has 2 heteroatoms. The molecule has 0 spiro atoms. The molecular weight excluding hydrogens is 138 g/mol. The maximum atomic E-state index is 10.5. The Morgan fingerprint density at radius 1 is 1.36 bits per heavy atom. The Labute approximate surface area is 66.2 Å². The summed E-state index contributed by atoms with van der Waals surface area (Å²) in [5.41, 5.74) is 1.96. The molecule has 0 fully saturated rings. The smallest absolute Gasteiger partial charge is 0.224 e. The second kappa shape index (κ2) is 3.19. The third kappa shape index (κ3) is 2.42. The van der Waals surface area contributed by atoms with Gasteiger partial charge in [0, 0.05) is 12.6 Å². The SMILES string of the molecule is [CH2]C(=O)Nc1ccc(C)cc1. The van der Waals surface area contributed by atoms with Crippen molar-refractivity contribution in [2.45, 2.75) is 6.92 Å². The predicted molar refractivity (Wildman–Crippen MR) is 45.2 cm³/mol. The van der Waals surface area contributed by atoms with Gasteiger partial charge in [0.25, 0.3) is 0 Å². The van der Waals surface area contributed by atoms with Gasteiger partial charge >= 0.3 is 0 Å². The number of nitrogens with one attached hydrogen (secondary N) is 1. The zero-order valence-electron chi connectivity index (χ0n) is 6.42. The Morgan fingerprint density at radius 2 is 1.91 bits per heavy atom. The van der Waals surface area contributed by atoms with Crippen molar-refractivity contribution in [2.24, 2.45) is 0 Å². The predicted octanol–water partition coefficient (Wildman–Crippen LogP) is 1.77. The molecule has 0 saturated heterocycles. The lowest BCUT2D eigenvalue weighted by Crippen LogP contribution is -2.05. The summed E-state index contributed by atoms with van der Waals surface area (Å²) in [6, 6.07) is 7.56. The van der Waals surface area contributed by atoms with Crippen LogP contribution in [0.4, 0.5) is 5.69 Å². The normalized spacial score (nSPS) is 9.27. The van der Waals surface area contributed by atoms with Crippen molar-refractivity contribution in [3.8, 4) is 0 Å². The monoisotopic (exact) mass is 148 g/mol. The third-order valence-corrected chi connectivity index (χ3v) is 1.34. The number of aryl methyl sites for hydroxylation is 1. The highest BCUT2D eigenvalue weighted by Crippen LogP contribution is 2.07. The van der Waals surface area contributed by atoms with Gasteiger partial charge in [-0.2, -0.15) is 0 Å². The Morgan fingerprint density at radius 3 is 2.36 bits per heavy atom. The van der Waals surface area contributed by atoms with Crippen molar-refractivity contribution in [1.82, 2.24) is 0 Å². The highest BCUT2D eigenvalue weighted by molar-refractivity contribution is 5.93. The van der Waals surface area contributed by atoms with Crippen LogP contribution in [0.5, 0.6) is 0 Å². The van der Waals surface area contributed by atoms with Gasteiger partial charge in [-0.1, -0.05) is 17.7 Å². The third-order valence-electron chi connectivity index (χ3n) is 1.34. The van der Waals surface area contributed by atoms with Crippen LogP contribution in [0.3, 0.4) is 0 Å². The second-order valence-electron chi connectivity index (χ2n) is 2.41. The quantitative estimate of drug-likeness (QED) is 0.646. The van der Waals surface area contributed by atoms with Crippen molar-refractivity contribution in [1.29, 1.82) is 0 Å². The van der Waals surface area contributed by atoms with Crippen molar-refractivity contribution < 1.29 is 4.79 Å². The molecule has 0 bridgehead atoms. The second-order valence-corrected chi connectivity index (χ2v) is 2.41. The van der Waals surface area contributed by atoms with E-state index in [4.69, 9.17) is 0 Å². The number of benzene rings is 1. The molecule has 0 saturated carbocycles. The first-order chi connectivity index (χ1) is 5.18. The maximum absolute atomic E-state index is 10.5. The molecule has 0 aliphatic heterocycles. The first kappa shape index (κ1) is 7.79. The first-order valence-electron chi connectivity index (χ1n) is 3.38. The summed E-state index contributed by atoms with van der Waals surface area (Å²) in [5, 5.41) is 2.58. The van der Waals surface area contributed by atoms with Crippen LogP contribution in [-0.2, 0) is 4.79 Å². The number of amides is 1. The summed E-state index contributed by atoms with van der Waals surface area (Å²) in [6.07, 6.45) is 0. The standard InChI is InChI=1S/C9H10NO/c1-7-3-5-9(6-4-7)10-8(2)11/h3-6H,2H2,1H3,(H,10,11). The van der Waals surface area contributed by atoms with Gasteiger partial charge in [0.15, 0.2) is 0 Å². The van der Waals surface area contributed by atoms with E-state index in [2.05, 4.69) is 12.2 Å². The minimum Gasteiger partial charge on any atom is -0.326 e. The largest absolute Gasteiger partial charge is 0.326 e. The molecule has 0 aromatic heterocycles. The molecule has 11 heavy (non-hydrogen) atoms. The molecular formula is C9H10NO. The topological polar surface area (TPSA) is 29.1 Å². The Bertz CT molecular complexity index is 251. The number of carbonyl (C=O) groups is 1. The van der Waals surface area contributed by atoms with Crippen LogP contribution < -0.4 is 5.32 Å². The molecule has 57 valence electrons. The number of hydrogen-bond acceptors (Lipinski definition) is 1. The van der Waals surface area contributed by atoms with E-state index in [9.17, 15) is 4.79 Å². The van der Waals surface area contributed by atoms with Crippen molar-refractivity contribution in [2.75, 3.05) is 5.32 Å². The highest BCUT2D eigenvalue weighted by atomic mass is 16.1. The summed E-state index contributed by atoms with van der Waals surface area (Å²) in [6.45, 7) is 5.20. The van der Waals surface area contributed by atoms with Gasteiger partial charge in [-0.05, 0) is 19.1 Å². The van der Waals surface area contributed by atoms with E-state index in [-0.39, 0.29) is 5.91 Å². The molecule has 1 radical (unpaired) electrons. The van der Waals surface area contributed by atoms with Gasteiger partial charge in [0.05, 0.1) is 0 Å². The molecule has 1 N–H and O–H groups in total. The zero-order chi connectivity index (χ0) is 8.27. The summed E-state index contributed by atoms with van der Waals surface area (Å²) in [5.74, 6) is -0.283. The molecule has 1 aromatic rings. The number of carbonyl (C=O) groups excluding carboxylic acids is 1. The Balaban J connectivity index is 2.74. The van der Waals surface area contributed by atoms with Crippen molar-refractivity contribution in [3.63, 3.8) is 0 Å². The van der Waals surface area contributed by atoms with Crippen LogP contribution in [0.2, 0.25) is 0 Å². The minimum atomic E-state index is -0.283. The van der Waals surface area contributed by atoms with Crippen LogP contribution in [0.15, 0.2) is 24.3 Å². The summed E-state index contributed by atoms with van der Waals surface area (Å²) in [4.78, 5) is 10.5. The van der Waals surface area contributed by atoms with Gasteiger partial charge in [-0.15, -0.1) is 0 Å². The molecule has 0 aliphatic carbocycles. The van der Waals surface area contributed by atoms with E-state index < -0.39 is 0 Å². The molecule has 0 aliphatic rings. The lowest BCUT2D eigenvalue weighted by atomic mass is 10.2. The van der Waals surface area contributed by atoms with Crippen LogP contribution in [0.25, 0.3) is 0 Å². The van der Waals surface area contributed by atoms with Gasteiger partial charge < -0.3 is 5.32 Å². The van der Waals surface area contributed by atoms with Crippen molar-refractivity contribution in [3.05, 3.63) is 36.8 Å². The molecule has 2 nitrogen and oxygen atoms in total. The van der Waals surface area contributed by atoms with Crippen LogP contribution in [-0.4, -0.2) is 5.91 Å². The van der Waals surface area contributed by atoms with Gasteiger partial charge in [0.1, 0.15) is 0 Å². The Kier molecular flexibility index (Phi) is 2.26. The maximum Gasteiger partial charge on any atom is 0.224 e. The molecule has 0 heterocycles. The average molecular weight is 148 g/mol. The number of anilines is 1. The Hall–Kier alpha value is -1.31. The van der Waals surface area contributed by atoms with Gasteiger partial charge in [0.2, 0.25) is 5.91 Å². The van der Waals surface area contributed by atoms with E-state index in [1.807, 2.05) is 31.2 Å². The minimum absolute atomic E-state index is 0.283. The van der Waals surface area contributed by atoms with Crippen LogP contribution >= 0.6 is 0 Å². The fourth-order valence-electron chi connectivity index (χ4n) is 0.798. The highest BCUT2D eigenvalue weighted by Gasteiger charge is 1.92. The molecule has 1 amide bonds. The van der Waals surface area contributed by atoms with Crippen molar-refractivity contribution >= 4 is 11.6 Å². The molecule has 0 unspecified atom stereocenters. The first-order valence-corrected chi connectivity index (χ1v) is 3.38. The lowest BCUT2D eigenvalue weighted by molar-refractivity contribution is -0.112. The zero-order valence-corrected chi connectivity index (χ0v) is 6.42. The van der Waals surface area contributed by atoms with E-state index in [0.717, 1.165) is 5.69 Å². The van der Waals surface area contributed by atoms with Gasteiger partial charge in [-0.3, -0.25) is 4.79 Å². The fourth-order valence-corrected chi connectivity index (χ4v) is 0.798. The number of rotatable bonds is 1. The van der Waals surface area contributed by atoms with Crippen LogP contribution in [0, 0.1) is 13.8 Å².